The summed E-state index contributed by atoms with van der Waals surface area (Å²) in [7, 11) is 0. The van der Waals surface area contributed by atoms with Crippen molar-refractivity contribution in [3.8, 4) is 0 Å². The lowest BCUT2D eigenvalue weighted by atomic mass is 9.93. The highest BCUT2D eigenvalue weighted by molar-refractivity contribution is 6.02. The number of carbonyl (C=O) groups excluding carboxylic acids is 1. The van der Waals surface area contributed by atoms with E-state index in [4.69, 9.17) is 5.73 Å². The van der Waals surface area contributed by atoms with Crippen LogP contribution in [0.4, 0.5) is 4.39 Å². The maximum Gasteiger partial charge on any atom is 0.182 e. The van der Waals surface area contributed by atoms with Crippen LogP contribution in [0.5, 0.6) is 0 Å². The third-order valence-corrected chi connectivity index (χ3v) is 2.01. The van der Waals surface area contributed by atoms with Crippen molar-refractivity contribution in [1.29, 1.82) is 0 Å². The summed E-state index contributed by atoms with van der Waals surface area (Å²) in [5.41, 5.74) is 5.66. The fourth-order valence-corrected chi connectivity index (χ4v) is 1.16. The molecule has 1 rings (SSSR count). The van der Waals surface area contributed by atoms with Crippen LogP contribution in [-0.2, 0) is 0 Å². The second-order valence-electron chi connectivity index (χ2n) is 4.01. The van der Waals surface area contributed by atoms with Crippen molar-refractivity contribution in [2.75, 3.05) is 0 Å². The molecule has 2 nitrogen and oxygen atoms in total. The first-order chi connectivity index (χ1) is 6.32. The van der Waals surface area contributed by atoms with Gasteiger partial charge in [-0.2, -0.15) is 0 Å². The topological polar surface area (TPSA) is 43.1 Å². The van der Waals surface area contributed by atoms with Crippen LogP contribution in [0.15, 0.2) is 18.2 Å². The monoisotopic (exact) mass is 195 g/mol. The maximum atomic E-state index is 12.9. The third-order valence-electron chi connectivity index (χ3n) is 2.01. The van der Waals surface area contributed by atoms with E-state index in [2.05, 4.69) is 0 Å². The molecule has 0 aliphatic rings. The Labute approximate surface area is 82.9 Å². The van der Waals surface area contributed by atoms with Crippen molar-refractivity contribution >= 4 is 5.78 Å². The first-order valence-corrected chi connectivity index (χ1v) is 4.42. The smallest absolute Gasteiger partial charge is 0.182 e. The first-order valence-electron chi connectivity index (χ1n) is 4.42. The second kappa shape index (κ2) is 3.50. The molecule has 0 atom stereocenters. The lowest BCUT2D eigenvalue weighted by Crippen LogP contribution is -2.41. The van der Waals surface area contributed by atoms with Crippen LogP contribution in [0, 0.1) is 12.7 Å². The lowest BCUT2D eigenvalue weighted by Gasteiger charge is -2.16. The first kappa shape index (κ1) is 10.9. The van der Waals surface area contributed by atoms with E-state index >= 15 is 0 Å². The standard InChI is InChI=1S/C11H14FNO/c1-7-6-8(4-5-9(7)12)10(14)11(2,3)13/h4-6H,13H2,1-3H3. The Kier molecular flexibility index (Phi) is 2.71. The fourth-order valence-electron chi connectivity index (χ4n) is 1.16. The fraction of sp³-hybridized carbons (Fsp3) is 0.364. The van der Waals surface area contributed by atoms with Gasteiger partial charge in [0.2, 0.25) is 0 Å². The average molecular weight is 195 g/mol. The van der Waals surface area contributed by atoms with Crippen molar-refractivity contribution in [3.05, 3.63) is 35.1 Å². The van der Waals surface area contributed by atoms with Gasteiger partial charge < -0.3 is 5.73 Å². The molecule has 0 saturated heterocycles. The number of carbonyl (C=O) groups is 1. The van der Waals surface area contributed by atoms with Gasteiger partial charge in [-0.15, -0.1) is 0 Å². The summed E-state index contributed by atoms with van der Waals surface area (Å²) >= 11 is 0. The Balaban J connectivity index is 3.10. The number of halogens is 1. The van der Waals surface area contributed by atoms with Crippen LogP contribution >= 0.6 is 0 Å². The molecule has 0 aliphatic carbocycles. The number of hydrogen-bond acceptors (Lipinski definition) is 2. The SMILES string of the molecule is Cc1cc(C(=O)C(C)(C)N)ccc1F. The minimum Gasteiger partial charge on any atom is -0.319 e. The Hall–Kier alpha value is -1.22. The number of aryl methyl sites for hydroxylation is 1. The van der Waals surface area contributed by atoms with Crippen LogP contribution in [0.25, 0.3) is 0 Å². The lowest BCUT2D eigenvalue weighted by molar-refractivity contribution is 0.0913. The van der Waals surface area contributed by atoms with Gasteiger partial charge >= 0.3 is 0 Å². The van der Waals surface area contributed by atoms with E-state index in [9.17, 15) is 9.18 Å². The largest absolute Gasteiger partial charge is 0.319 e. The van der Waals surface area contributed by atoms with Crippen molar-refractivity contribution in [3.63, 3.8) is 0 Å². The summed E-state index contributed by atoms with van der Waals surface area (Å²) in [5.74, 6) is -0.489. The highest BCUT2D eigenvalue weighted by Crippen LogP contribution is 2.14. The van der Waals surface area contributed by atoms with Crippen LogP contribution in [-0.4, -0.2) is 11.3 Å². The van der Waals surface area contributed by atoms with Crippen molar-refractivity contribution in [2.45, 2.75) is 26.3 Å². The highest BCUT2D eigenvalue weighted by atomic mass is 19.1. The number of nitrogens with two attached hydrogens (primary N) is 1. The molecular formula is C11H14FNO. The summed E-state index contributed by atoms with van der Waals surface area (Å²) in [6, 6.07) is 4.26. The molecule has 0 fully saturated rings. The van der Waals surface area contributed by atoms with E-state index in [0.717, 1.165) is 0 Å². The summed E-state index contributed by atoms with van der Waals surface area (Å²) in [5, 5.41) is 0. The summed E-state index contributed by atoms with van der Waals surface area (Å²) < 4.78 is 12.9. The summed E-state index contributed by atoms with van der Waals surface area (Å²) in [6.07, 6.45) is 0. The molecule has 0 spiro atoms. The molecule has 0 amide bonds. The van der Waals surface area contributed by atoms with Gasteiger partial charge in [0.15, 0.2) is 5.78 Å². The molecule has 0 aromatic heterocycles. The van der Waals surface area contributed by atoms with E-state index in [-0.39, 0.29) is 11.6 Å². The van der Waals surface area contributed by atoms with E-state index in [0.29, 0.717) is 11.1 Å². The van der Waals surface area contributed by atoms with Gasteiger partial charge in [0.05, 0.1) is 5.54 Å². The number of ketones is 1. The zero-order chi connectivity index (χ0) is 10.9. The quantitative estimate of drug-likeness (QED) is 0.734. The van der Waals surface area contributed by atoms with Crippen LogP contribution in [0.2, 0.25) is 0 Å². The minimum absolute atomic E-state index is 0.180. The minimum atomic E-state index is -0.912. The zero-order valence-corrected chi connectivity index (χ0v) is 8.60. The molecule has 0 aliphatic heterocycles. The molecule has 76 valence electrons. The number of rotatable bonds is 2. The Morgan fingerprint density at radius 3 is 2.43 bits per heavy atom. The maximum absolute atomic E-state index is 12.9. The molecule has 1 aromatic rings. The Bertz CT molecular complexity index is 366. The van der Waals surface area contributed by atoms with Crippen molar-refractivity contribution < 1.29 is 9.18 Å². The molecule has 0 bridgehead atoms. The summed E-state index contributed by atoms with van der Waals surface area (Å²) in [4.78, 5) is 11.7. The van der Waals surface area contributed by atoms with Gasteiger partial charge in [-0.3, -0.25) is 4.79 Å². The molecule has 2 N–H and O–H groups in total. The van der Waals surface area contributed by atoms with E-state index in [1.54, 1.807) is 20.8 Å². The molecule has 3 heteroatoms. The van der Waals surface area contributed by atoms with Crippen LogP contribution in [0.1, 0.15) is 29.8 Å². The molecular weight excluding hydrogens is 181 g/mol. The van der Waals surface area contributed by atoms with E-state index < -0.39 is 5.54 Å². The predicted molar refractivity (Wildman–Crippen MR) is 53.7 cm³/mol. The highest BCUT2D eigenvalue weighted by Gasteiger charge is 2.23. The van der Waals surface area contributed by atoms with Gasteiger partial charge in [-0.1, -0.05) is 0 Å². The van der Waals surface area contributed by atoms with Gasteiger partial charge in [0.25, 0.3) is 0 Å². The van der Waals surface area contributed by atoms with Gasteiger partial charge in [-0.25, -0.2) is 4.39 Å². The predicted octanol–water partition coefficient (Wildman–Crippen LogP) is 2.05. The number of Topliss-reactive ketones (excluding diaryl/α,β-unsaturated/α-hetero) is 1. The average Bonchev–Trinajstić information content (AvgIpc) is 2.07. The normalized spacial score (nSPS) is 11.5. The van der Waals surface area contributed by atoms with Gasteiger partial charge in [-0.05, 0) is 44.5 Å². The van der Waals surface area contributed by atoms with Gasteiger partial charge in [0, 0.05) is 5.56 Å². The second-order valence-corrected chi connectivity index (χ2v) is 4.01. The molecule has 0 radical (unpaired) electrons. The van der Waals surface area contributed by atoms with Gasteiger partial charge in [0.1, 0.15) is 5.82 Å². The Morgan fingerprint density at radius 1 is 1.43 bits per heavy atom. The number of hydrogen-bond donors (Lipinski definition) is 1. The summed E-state index contributed by atoms with van der Waals surface area (Å²) in [6.45, 7) is 4.89. The molecule has 1 aromatic carbocycles. The molecule has 0 unspecified atom stereocenters. The molecule has 0 heterocycles. The molecule has 14 heavy (non-hydrogen) atoms. The van der Waals surface area contributed by atoms with E-state index in [1.807, 2.05) is 0 Å². The van der Waals surface area contributed by atoms with Crippen LogP contribution in [0.3, 0.4) is 0 Å². The van der Waals surface area contributed by atoms with Crippen molar-refractivity contribution in [1.82, 2.24) is 0 Å². The Morgan fingerprint density at radius 2 is 2.00 bits per heavy atom. The van der Waals surface area contributed by atoms with Crippen LogP contribution < -0.4 is 5.73 Å². The number of benzene rings is 1. The van der Waals surface area contributed by atoms with Crippen molar-refractivity contribution in [2.24, 2.45) is 5.73 Å². The zero-order valence-electron chi connectivity index (χ0n) is 8.60. The third kappa shape index (κ3) is 2.17. The molecule has 0 saturated carbocycles. The van der Waals surface area contributed by atoms with E-state index in [1.165, 1.54) is 18.2 Å².